The summed E-state index contributed by atoms with van der Waals surface area (Å²) >= 11 is 0. The summed E-state index contributed by atoms with van der Waals surface area (Å²) in [5.74, 6) is 0.832. The minimum Gasteiger partial charge on any atom is -0.467 e. The second kappa shape index (κ2) is 9.49. The Balaban J connectivity index is 1.78. The van der Waals surface area contributed by atoms with Crippen LogP contribution in [-0.2, 0) is 29.6 Å². The fraction of sp³-hybridized carbons (Fsp3) is 0.227. The van der Waals surface area contributed by atoms with Gasteiger partial charge in [0.1, 0.15) is 11.5 Å². The van der Waals surface area contributed by atoms with E-state index in [1.54, 1.807) is 47.6 Å². The predicted octanol–water partition coefficient (Wildman–Crippen LogP) is 4.41. The fourth-order valence-electron chi connectivity index (χ4n) is 2.91. The van der Waals surface area contributed by atoms with Crippen molar-refractivity contribution in [2.45, 2.75) is 26.4 Å². The molecule has 0 aliphatic rings. The molecular weight excluding hydrogens is 404 g/mol. The minimum atomic E-state index is -3.63. The van der Waals surface area contributed by atoms with Gasteiger partial charge in [0.25, 0.3) is 0 Å². The average molecular weight is 429 g/mol. The summed E-state index contributed by atoms with van der Waals surface area (Å²) in [6.07, 6.45) is 3.46. The van der Waals surface area contributed by atoms with Gasteiger partial charge in [0.15, 0.2) is 0 Å². The highest BCUT2D eigenvalue weighted by Gasteiger charge is 2.17. The van der Waals surface area contributed by atoms with Crippen LogP contribution >= 0.6 is 0 Å². The molecule has 2 aromatic carbocycles. The highest BCUT2D eigenvalue weighted by molar-refractivity contribution is 7.86. The molecule has 1 aromatic heterocycles. The van der Waals surface area contributed by atoms with Crippen molar-refractivity contribution in [1.29, 1.82) is 0 Å². The molecule has 0 aliphatic carbocycles. The molecule has 0 aliphatic heterocycles. The lowest BCUT2D eigenvalue weighted by molar-refractivity contribution is 0.201. The lowest BCUT2D eigenvalue weighted by Crippen LogP contribution is -2.34. The monoisotopic (exact) mass is 428 g/mol. The van der Waals surface area contributed by atoms with Crippen LogP contribution in [0.4, 0.5) is 10.5 Å². The molecule has 3 aromatic rings. The van der Waals surface area contributed by atoms with E-state index in [1.165, 1.54) is 5.56 Å². The van der Waals surface area contributed by atoms with Gasteiger partial charge in [-0.3, -0.25) is 0 Å². The summed E-state index contributed by atoms with van der Waals surface area (Å²) in [6.45, 7) is 2.56. The highest BCUT2D eigenvalue weighted by atomic mass is 32.2. The SMILES string of the molecule is CCc1ccc(NC(=O)N(Cc2cccc(OS(C)(=O)=O)c2)Cc2ccco2)cc1. The Morgan fingerprint density at radius 2 is 1.80 bits per heavy atom. The number of carbonyl (C=O) groups is 1. The summed E-state index contributed by atoms with van der Waals surface area (Å²) < 4.78 is 33.1. The zero-order valence-corrected chi connectivity index (χ0v) is 17.7. The Kier molecular flexibility index (Phi) is 6.79. The molecule has 30 heavy (non-hydrogen) atoms. The molecule has 158 valence electrons. The van der Waals surface area contributed by atoms with Gasteiger partial charge in [0, 0.05) is 12.2 Å². The summed E-state index contributed by atoms with van der Waals surface area (Å²) in [4.78, 5) is 14.5. The Morgan fingerprint density at radius 1 is 1.03 bits per heavy atom. The molecule has 8 heteroatoms. The van der Waals surface area contributed by atoms with Gasteiger partial charge in [-0.15, -0.1) is 0 Å². The number of benzene rings is 2. The summed E-state index contributed by atoms with van der Waals surface area (Å²) in [5.41, 5.74) is 2.60. The first-order chi connectivity index (χ1) is 14.3. The van der Waals surface area contributed by atoms with E-state index >= 15 is 0 Å². The van der Waals surface area contributed by atoms with Gasteiger partial charge in [0.05, 0.1) is 19.1 Å². The van der Waals surface area contributed by atoms with E-state index in [1.807, 2.05) is 24.3 Å². The first-order valence-electron chi connectivity index (χ1n) is 9.48. The van der Waals surface area contributed by atoms with E-state index in [9.17, 15) is 13.2 Å². The van der Waals surface area contributed by atoms with Crippen LogP contribution in [0.5, 0.6) is 5.75 Å². The third-order valence-corrected chi connectivity index (χ3v) is 4.84. The molecule has 1 heterocycles. The van der Waals surface area contributed by atoms with Gasteiger partial charge in [0.2, 0.25) is 0 Å². The Labute approximate surface area is 176 Å². The average Bonchev–Trinajstić information content (AvgIpc) is 3.20. The van der Waals surface area contributed by atoms with Crippen molar-refractivity contribution < 1.29 is 21.8 Å². The maximum absolute atomic E-state index is 13.0. The van der Waals surface area contributed by atoms with Crippen LogP contribution in [0.1, 0.15) is 23.8 Å². The number of aryl methyl sites for hydroxylation is 1. The smallest absolute Gasteiger partial charge is 0.322 e. The third kappa shape index (κ3) is 6.38. The van der Waals surface area contributed by atoms with Gasteiger partial charge in [-0.2, -0.15) is 8.42 Å². The van der Waals surface area contributed by atoms with Crippen LogP contribution < -0.4 is 9.50 Å². The standard InChI is InChI=1S/C22H24N2O5S/c1-3-17-9-11-19(12-10-17)23-22(25)24(16-21-8-5-13-28-21)15-18-6-4-7-20(14-18)29-30(2,26)27/h4-14H,3,15-16H2,1-2H3,(H,23,25). The number of hydrogen-bond acceptors (Lipinski definition) is 5. The second-order valence-corrected chi connectivity index (χ2v) is 8.43. The van der Waals surface area contributed by atoms with E-state index in [0.717, 1.165) is 18.2 Å². The number of nitrogens with zero attached hydrogens (tertiary/aromatic N) is 1. The summed E-state index contributed by atoms with van der Waals surface area (Å²) in [5, 5.41) is 2.90. The molecule has 0 radical (unpaired) electrons. The molecule has 0 fully saturated rings. The third-order valence-electron chi connectivity index (χ3n) is 4.35. The number of hydrogen-bond donors (Lipinski definition) is 1. The molecule has 0 spiro atoms. The van der Waals surface area contributed by atoms with Crippen LogP contribution in [0.3, 0.4) is 0 Å². The maximum Gasteiger partial charge on any atom is 0.322 e. The number of nitrogens with one attached hydrogen (secondary N) is 1. The fourth-order valence-corrected chi connectivity index (χ4v) is 3.36. The van der Waals surface area contributed by atoms with E-state index < -0.39 is 10.1 Å². The number of carbonyl (C=O) groups excluding carboxylic acids is 1. The van der Waals surface area contributed by atoms with Crippen LogP contribution in [0.15, 0.2) is 71.3 Å². The van der Waals surface area contributed by atoms with Crippen LogP contribution in [0, 0.1) is 0 Å². The summed E-state index contributed by atoms with van der Waals surface area (Å²) in [7, 11) is -3.63. The topological polar surface area (TPSA) is 88.9 Å². The molecule has 0 unspecified atom stereocenters. The summed E-state index contributed by atoms with van der Waals surface area (Å²) in [6, 6.07) is 17.5. The van der Waals surface area contributed by atoms with E-state index in [2.05, 4.69) is 12.2 Å². The van der Waals surface area contributed by atoms with E-state index in [0.29, 0.717) is 11.4 Å². The molecule has 0 saturated heterocycles. The molecule has 0 saturated carbocycles. The van der Waals surface area contributed by atoms with Crippen LogP contribution in [0.25, 0.3) is 0 Å². The van der Waals surface area contributed by atoms with Crippen molar-refractivity contribution in [2.75, 3.05) is 11.6 Å². The van der Waals surface area contributed by atoms with Crippen LogP contribution in [0.2, 0.25) is 0 Å². The number of anilines is 1. The van der Waals surface area contributed by atoms with Gasteiger partial charge in [-0.25, -0.2) is 4.79 Å². The van der Waals surface area contributed by atoms with Crippen molar-refractivity contribution in [1.82, 2.24) is 4.90 Å². The zero-order chi connectivity index (χ0) is 21.6. The number of furan rings is 1. The first kappa shape index (κ1) is 21.4. The number of rotatable bonds is 8. The maximum atomic E-state index is 13.0. The molecule has 2 amide bonds. The number of amides is 2. The van der Waals surface area contributed by atoms with Gasteiger partial charge in [-0.05, 0) is 53.9 Å². The Morgan fingerprint density at radius 3 is 2.43 bits per heavy atom. The Hall–Kier alpha value is -3.26. The lowest BCUT2D eigenvalue weighted by atomic mass is 10.1. The van der Waals surface area contributed by atoms with Crippen LogP contribution in [-0.4, -0.2) is 25.6 Å². The Bertz CT molecular complexity index is 1080. The molecular formula is C22H24N2O5S. The van der Waals surface area contributed by atoms with Crippen molar-refractivity contribution in [3.05, 3.63) is 83.8 Å². The largest absolute Gasteiger partial charge is 0.467 e. The van der Waals surface area contributed by atoms with Crippen molar-refractivity contribution in [2.24, 2.45) is 0 Å². The minimum absolute atomic E-state index is 0.198. The van der Waals surface area contributed by atoms with E-state index in [-0.39, 0.29) is 24.9 Å². The second-order valence-electron chi connectivity index (χ2n) is 6.85. The normalized spacial score (nSPS) is 11.1. The molecule has 7 nitrogen and oxygen atoms in total. The lowest BCUT2D eigenvalue weighted by Gasteiger charge is -2.22. The molecule has 0 atom stereocenters. The quantitative estimate of drug-likeness (QED) is 0.537. The van der Waals surface area contributed by atoms with Gasteiger partial charge >= 0.3 is 16.1 Å². The van der Waals surface area contributed by atoms with Crippen molar-refractivity contribution in [3.63, 3.8) is 0 Å². The molecule has 0 bridgehead atoms. The molecule has 3 rings (SSSR count). The zero-order valence-electron chi connectivity index (χ0n) is 16.9. The van der Waals surface area contributed by atoms with Crippen molar-refractivity contribution >= 4 is 21.8 Å². The molecule has 1 N–H and O–H groups in total. The number of urea groups is 1. The van der Waals surface area contributed by atoms with Gasteiger partial charge in [-0.1, -0.05) is 31.2 Å². The highest BCUT2D eigenvalue weighted by Crippen LogP contribution is 2.19. The van der Waals surface area contributed by atoms with Gasteiger partial charge < -0.3 is 18.8 Å². The van der Waals surface area contributed by atoms with E-state index in [4.69, 9.17) is 8.60 Å². The predicted molar refractivity (Wildman–Crippen MR) is 115 cm³/mol. The first-order valence-corrected chi connectivity index (χ1v) is 11.3. The van der Waals surface area contributed by atoms with Crippen molar-refractivity contribution in [3.8, 4) is 5.75 Å².